The molecule has 12 heavy (non-hydrogen) atoms. The van der Waals surface area contributed by atoms with Crippen molar-refractivity contribution in [3.63, 3.8) is 0 Å². The Balaban J connectivity index is 2.18. The van der Waals surface area contributed by atoms with E-state index in [2.05, 4.69) is 18.7 Å². The molecule has 0 unspecified atom stereocenters. The van der Waals surface area contributed by atoms with Crippen LogP contribution in [0.15, 0.2) is 0 Å². The van der Waals surface area contributed by atoms with Gasteiger partial charge in [-0.05, 0) is 12.3 Å². The predicted molar refractivity (Wildman–Crippen MR) is 48.8 cm³/mol. The van der Waals surface area contributed by atoms with Crippen LogP contribution in [0.25, 0.3) is 0 Å². The van der Waals surface area contributed by atoms with Gasteiger partial charge in [0, 0.05) is 25.2 Å². The zero-order valence-corrected chi connectivity index (χ0v) is 8.02. The summed E-state index contributed by atoms with van der Waals surface area (Å²) in [6.45, 7) is 6.81. The standard InChI is InChI=1S/C9H19FN2/c1-8(2)9(11)6-12(7-9)5-3-4-10/h8H,3-7,11H2,1-2H3. The highest BCUT2D eigenvalue weighted by Crippen LogP contribution is 2.25. The first kappa shape index (κ1) is 9.93. The molecule has 0 spiro atoms. The van der Waals surface area contributed by atoms with Gasteiger partial charge in [0.2, 0.25) is 0 Å². The van der Waals surface area contributed by atoms with Gasteiger partial charge in [0.1, 0.15) is 0 Å². The molecule has 0 aromatic carbocycles. The van der Waals surface area contributed by atoms with Gasteiger partial charge in [0.25, 0.3) is 0 Å². The lowest BCUT2D eigenvalue weighted by Crippen LogP contribution is -2.69. The molecule has 0 aliphatic carbocycles. The second-order valence-electron chi connectivity index (χ2n) is 4.14. The second kappa shape index (κ2) is 3.71. The molecule has 0 saturated carbocycles. The van der Waals surface area contributed by atoms with Gasteiger partial charge >= 0.3 is 0 Å². The van der Waals surface area contributed by atoms with Gasteiger partial charge in [-0.3, -0.25) is 9.29 Å². The Kier molecular flexibility index (Phi) is 3.07. The number of likely N-dealkylation sites (tertiary alicyclic amines) is 1. The van der Waals surface area contributed by atoms with Crippen LogP contribution in [0.4, 0.5) is 4.39 Å². The number of hydrogen-bond acceptors (Lipinski definition) is 2. The largest absolute Gasteiger partial charge is 0.323 e. The average molecular weight is 174 g/mol. The topological polar surface area (TPSA) is 29.3 Å². The summed E-state index contributed by atoms with van der Waals surface area (Å²) in [5.41, 5.74) is 6.07. The lowest BCUT2D eigenvalue weighted by atomic mass is 9.80. The van der Waals surface area contributed by atoms with Crippen LogP contribution in [0.1, 0.15) is 20.3 Å². The quantitative estimate of drug-likeness (QED) is 0.689. The van der Waals surface area contributed by atoms with E-state index in [9.17, 15) is 4.39 Å². The van der Waals surface area contributed by atoms with Gasteiger partial charge in [-0.25, -0.2) is 0 Å². The highest BCUT2D eigenvalue weighted by molar-refractivity contribution is 5.01. The minimum absolute atomic E-state index is 0.00366. The van der Waals surface area contributed by atoms with Crippen molar-refractivity contribution in [2.24, 2.45) is 11.7 Å². The molecule has 0 radical (unpaired) electrons. The highest BCUT2D eigenvalue weighted by Gasteiger charge is 2.41. The van der Waals surface area contributed by atoms with Gasteiger partial charge in [-0.2, -0.15) is 0 Å². The number of hydrogen-bond donors (Lipinski definition) is 1. The van der Waals surface area contributed by atoms with E-state index < -0.39 is 0 Å². The van der Waals surface area contributed by atoms with Crippen LogP contribution in [-0.2, 0) is 0 Å². The van der Waals surface area contributed by atoms with E-state index in [1.165, 1.54) is 0 Å². The first-order valence-corrected chi connectivity index (χ1v) is 4.66. The summed E-state index contributed by atoms with van der Waals surface area (Å²) in [5.74, 6) is 0.527. The van der Waals surface area contributed by atoms with Crippen molar-refractivity contribution < 1.29 is 4.39 Å². The van der Waals surface area contributed by atoms with Crippen molar-refractivity contribution in [1.82, 2.24) is 4.90 Å². The Hall–Kier alpha value is -0.150. The summed E-state index contributed by atoms with van der Waals surface area (Å²) in [6.07, 6.45) is 0.647. The van der Waals surface area contributed by atoms with Crippen LogP contribution in [-0.4, -0.2) is 36.7 Å². The molecule has 1 fully saturated rings. The van der Waals surface area contributed by atoms with E-state index in [0.717, 1.165) is 19.6 Å². The molecular weight excluding hydrogens is 155 g/mol. The molecule has 0 aromatic heterocycles. The number of rotatable bonds is 4. The lowest BCUT2D eigenvalue weighted by Gasteiger charge is -2.50. The van der Waals surface area contributed by atoms with Gasteiger partial charge in [0.05, 0.1) is 6.67 Å². The first-order chi connectivity index (χ1) is 5.58. The molecule has 2 nitrogen and oxygen atoms in total. The van der Waals surface area contributed by atoms with E-state index in [1.807, 2.05) is 0 Å². The number of halogens is 1. The lowest BCUT2D eigenvalue weighted by molar-refractivity contribution is 0.0358. The first-order valence-electron chi connectivity index (χ1n) is 4.66. The molecule has 72 valence electrons. The van der Waals surface area contributed by atoms with Crippen molar-refractivity contribution in [1.29, 1.82) is 0 Å². The number of nitrogens with two attached hydrogens (primary N) is 1. The normalized spacial score (nSPS) is 22.8. The van der Waals surface area contributed by atoms with E-state index >= 15 is 0 Å². The molecule has 3 heteroatoms. The number of nitrogens with zero attached hydrogens (tertiary/aromatic N) is 1. The molecule has 0 amide bonds. The SMILES string of the molecule is CC(C)C1(N)CN(CCCF)C1. The maximum absolute atomic E-state index is 11.8. The fourth-order valence-electron chi connectivity index (χ4n) is 1.59. The Labute approximate surface area is 73.9 Å². The van der Waals surface area contributed by atoms with E-state index in [1.54, 1.807) is 0 Å². The maximum Gasteiger partial charge on any atom is 0.0906 e. The van der Waals surface area contributed by atoms with E-state index in [0.29, 0.717) is 12.3 Å². The average Bonchev–Trinajstić information content (AvgIpc) is 1.95. The third-order valence-electron chi connectivity index (χ3n) is 2.79. The van der Waals surface area contributed by atoms with Crippen LogP contribution in [0.5, 0.6) is 0 Å². The molecule has 1 rings (SSSR count). The minimum atomic E-state index is -0.213. The summed E-state index contributed by atoms with van der Waals surface area (Å²) in [6, 6.07) is 0. The maximum atomic E-state index is 11.8. The van der Waals surface area contributed by atoms with Crippen LogP contribution in [0, 0.1) is 5.92 Å². The molecule has 1 heterocycles. The number of alkyl halides is 1. The van der Waals surface area contributed by atoms with Crippen LogP contribution in [0.2, 0.25) is 0 Å². The fourth-order valence-corrected chi connectivity index (χ4v) is 1.59. The van der Waals surface area contributed by atoms with Crippen molar-refractivity contribution >= 4 is 0 Å². The third-order valence-corrected chi connectivity index (χ3v) is 2.79. The van der Waals surface area contributed by atoms with Crippen molar-refractivity contribution in [2.45, 2.75) is 25.8 Å². The molecule has 1 saturated heterocycles. The Bertz CT molecular complexity index is 141. The monoisotopic (exact) mass is 174 g/mol. The fraction of sp³-hybridized carbons (Fsp3) is 1.00. The van der Waals surface area contributed by atoms with Crippen LogP contribution >= 0.6 is 0 Å². The molecule has 0 bridgehead atoms. The van der Waals surface area contributed by atoms with Gasteiger partial charge < -0.3 is 5.73 Å². The Morgan fingerprint density at radius 1 is 1.50 bits per heavy atom. The zero-order valence-electron chi connectivity index (χ0n) is 8.02. The van der Waals surface area contributed by atoms with Gasteiger partial charge in [-0.1, -0.05) is 13.8 Å². The Morgan fingerprint density at radius 2 is 2.08 bits per heavy atom. The molecule has 2 N–H and O–H groups in total. The molecule has 1 aliphatic heterocycles. The Morgan fingerprint density at radius 3 is 2.50 bits per heavy atom. The molecule has 0 atom stereocenters. The molecular formula is C9H19FN2. The highest BCUT2D eigenvalue weighted by atomic mass is 19.1. The minimum Gasteiger partial charge on any atom is -0.323 e. The van der Waals surface area contributed by atoms with E-state index in [-0.39, 0.29) is 12.2 Å². The second-order valence-corrected chi connectivity index (χ2v) is 4.14. The summed E-state index contributed by atoms with van der Waals surface area (Å²) < 4.78 is 11.8. The summed E-state index contributed by atoms with van der Waals surface area (Å²) in [7, 11) is 0. The predicted octanol–water partition coefficient (Wildman–Crippen LogP) is 1.02. The van der Waals surface area contributed by atoms with E-state index in [4.69, 9.17) is 5.73 Å². The molecule has 0 aromatic rings. The zero-order chi connectivity index (χ0) is 9.19. The third kappa shape index (κ3) is 1.96. The van der Waals surface area contributed by atoms with Crippen LogP contribution < -0.4 is 5.73 Å². The summed E-state index contributed by atoms with van der Waals surface area (Å²) >= 11 is 0. The van der Waals surface area contributed by atoms with Crippen LogP contribution in [0.3, 0.4) is 0 Å². The van der Waals surface area contributed by atoms with Crippen molar-refractivity contribution in [2.75, 3.05) is 26.3 Å². The summed E-state index contributed by atoms with van der Waals surface area (Å²) in [4.78, 5) is 2.22. The van der Waals surface area contributed by atoms with Crippen molar-refractivity contribution in [3.05, 3.63) is 0 Å². The summed E-state index contributed by atoms with van der Waals surface area (Å²) in [5, 5.41) is 0. The van der Waals surface area contributed by atoms with Gasteiger partial charge in [0.15, 0.2) is 0 Å². The van der Waals surface area contributed by atoms with Crippen molar-refractivity contribution in [3.8, 4) is 0 Å². The smallest absolute Gasteiger partial charge is 0.0906 e. The molecule has 1 aliphatic rings. The van der Waals surface area contributed by atoms with Gasteiger partial charge in [-0.15, -0.1) is 0 Å².